The number of rotatable bonds is 12. The van der Waals surface area contributed by atoms with Gasteiger partial charge in [-0.1, -0.05) is 76.2 Å². The van der Waals surface area contributed by atoms with Gasteiger partial charge in [0.2, 0.25) is 11.8 Å². The van der Waals surface area contributed by atoms with Crippen molar-refractivity contribution in [3.63, 3.8) is 0 Å². The maximum Gasteiger partial charge on any atom is 0.407 e. The van der Waals surface area contributed by atoms with Crippen LogP contribution >= 0.6 is 0 Å². The largest absolute Gasteiger partial charge is 0.453 e. The van der Waals surface area contributed by atoms with E-state index in [1.54, 1.807) is 0 Å². The number of methoxy groups -OCH3 is 2. The number of ether oxygens (including phenoxy) is 2. The zero-order valence-electron chi connectivity index (χ0n) is 35.7. The number of carbonyl (C=O) groups excluding carboxylic acids is 4. The lowest BCUT2D eigenvalue weighted by Gasteiger charge is -2.37. The molecule has 3 aromatic carbocycles. The van der Waals surface area contributed by atoms with Gasteiger partial charge < -0.3 is 39.9 Å². The van der Waals surface area contributed by atoms with Gasteiger partial charge in [-0.3, -0.25) is 9.59 Å². The van der Waals surface area contributed by atoms with Gasteiger partial charge in [0.1, 0.15) is 23.7 Å². The summed E-state index contributed by atoms with van der Waals surface area (Å²) in [5.74, 6) is 1.72. The van der Waals surface area contributed by atoms with Crippen LogP contribution in [0.2, 0.25) is 0 Å². The van der Waals surface area contributed by atoms with Gasteiger partial charge in [-0.25, -0.2) is 19.6 Å². The van der Waals surface area contributed by atoms with Crippen molar-refractivity contribution >= 4 is 34.8 Å². The van der Waals surface area contributed by atoms with Crippen LogP contribution in [0.25, 0.3) is 44.4 Å². The Labute approximate surface area is 356 Å². The molecule has 0 spiro atoms. The Morgan fingerprint density at radius 3 is 2.03 bits per heavy atom. The number of benzene rings is 3. The van der Waals surface area contributed by atoms with E-state index in [9.17, 15) is 19.2 Å². The van der Waals surface area contributed by atoms with E-state index in [1.165, 1.54) is 14.2 Å². The Morgan fingerprint density at radius 2 is 1.34 bits per heavy atom. The summed E-state index contributed by atoms with van der Waals surface area (Å²) in [5, 5.41) is 7.71. The summed E-state index contributed by atoms with van der Waals surface area (Å²) in [4.78, 5) is 72.2. The Hall–Kier alpha value is -6.18. The first kappa shape index (κ1) is 41.5. The average Bonchev–Trinajstić information content (AvgIpc) is 4.13. The number of H-pyrrole nitrogens is 2. The van der Waals surface area contributed by atoms with Crippen molar-refractivity contribution in [2.45, 2.75) is 96.4 Å². The first-order chi connectivity index (χ1) is 29.4. The molecule has 320 valence electrons. The van der Waals surface area contributed by atoms with Crippen LogP contribution in [0.5, 0.6) is 0 Å². The van der Waals surface area contributed by atoms with E-state index in [-0.39, 0.29) is 41.8 Å². The van der Waals surface area contributed by atoms with Gasteiger partial charge in [0.25, 0.3) is 0 Å². The minimum Gasteiger partial charge on any atom is -0.453 e. The molecule has 2 aromatic heterocycles. The van der Waals surface area contributed by atoms with Crippen LogP contribution in [0, 0.1) is 17.8 Å². The molecule has 2 bridgehead atoms. The number of alkyl carbamates (subject to hydrolysis) is 2. The van der Waals surface area contributed by atoms with Crippen LogP contribution in [-0.2, 0) is 19.1 Å². The molecule has 2 saturated heterocycles. The van der Waals surface area contributed by atoms with Crippen molar-refractivity contribution in [2.75, 3.05) is 20.8 Å². The van der Waals surface area contributed by atoms with Crippen molar-refractivity contribution in [2.24, 2.45) is 17.8 Å². The second-order valence-corrected chi connectivity index (χ2v) is 17.5. The van der Waals surface area contributed by atoms with E-state index >= 15 is 0 Å². The minimum atomic E-state index is -0.682. The van der Waals surface area contributed by atoms with Crippen molar-refractivity contribution in [1.29, 1.82) is 0 Å². The van der Waals surface area contributed by atoms with Gasteiger partial charge in [0.15, 0.2) is 0 Å². The second kappa shape index (κ2) is 17.4. The first-order valence-electron chi connectivity index (χ1n) is 21.5. The van der Waals surface area contributed by atoms with Gasteiger partial charge in [-0.05, 0) is 95.9 Å². The molecule has 61 heavy (non-hydrogen) atoms. The van der Waals surface area contributed by atoms with Crippen LogP contribution in [0.3, 0.4) is 0 Å². The summed E-state index contributed by atoms with van der Waals surface area (Å²) < 4.78 is 9.63. The zero-order chi connectivity index (χ0) is 42.9. The average molecular weight is 829 g/mol. The third-order valence-electron chi connectivity index (χ3n) is 12.7. The standard InChI is InChI=1S/C47H56N8O6/c1-26(2)20-36(52-46(58)60-5)44(56)54-19-7-8-39(54)42-48-24-37(50-42)29-11-9-28(10-12-29)30-13-14-32-22-33(16-15-31(32)21-30)38-25-49-43(51-38)41-34-17-18-35(23-34)55(41)45(57)40(27(3)4)53-47(59)61-6/h9-16,21-22,24-27,34-36,39-41H,7-8,17-20,23H2,1-6H3,(H,48,50)(H,49,51)(H,52,58)(H,53,59). The van der Waals surface area contributed by atoms with E-state index < -0.39 is 24.3 Å². The molecule has 8 rings (SSSR count). The maximum atomic E-state index is 14.0. The van der Waals surface area contributed by atoms with Crippen LogP contribution in [0.1, 0.15) is 90.0 Å². The van der Waals surface area contributed by atoms with Gasteiger partial charge in [-0.2, -0.15) is 0 Å². The van der Waals surface area contributed by atoms with Crippen LogP contribution < -0.4 is 10.6 Å². The molecular weight excluding hydrogens is 773 g/mol. The topological polar surface area (TPSA) is 175 Å². The summed E-state index contributed by atoms with van der Waals surface area (Å²) in [6.45, 7) is 8.51. The van der Waals surface area contributed by atoms with E-state index in [1.807, 2.05) is 49.9 Å². The number of aromatic nitrogens is 4. The minimum absolute atomic E-state index is 0.0913. The molecule has 1 saturated carbocycles. The van der Waals surface area contributed by atoms with Crippen molar-refractivity contribution < 1.29 is 28.7 Å². The number of amides is 4. The fraction of sp³-hybridized carbons (Fsp3) is 0.447. The lowest BCUT2D eigenvalue weighted by molar-refractivity contribution is -0.139. The van der Waals surface area contributed by atoms with Crippen LogP contribution in [0.15, 0.2) is 73.1 Å². The molecule has 1 aliphatic carbocycles. The second-order valence-electron chi connectivity index (χ2n) is 17.5. The lowest BCUT2D eigenvalue weighted by Crippen LogP contribution is -2.54. The molecule has 2 aliphatic heterocycles. The molecule has 14 nitrogen and oxygen atoms in total. The maximum absolute atomic E-state index is 14.0. The Bertz CT molecular complexity index is 2400. The summed E-state index contributed by atoms with van der Waals surface area (Å²) in [6.07, 6.45) is 7.54. The van der Waals surface area contributed by atoms with Crippen molar-refractivity contribution in [1.82, 2.24) is 40.4 Å². The van der Waals surface area contributed by atoms with E-state index in [0.717, 1.165) is 88.2 Å². The molecule has 3 aliphatic rings. The number of aromatic amines is 2. The molecule has 5 aromatic rings. The molecule has 4 N–H and O–H groups in total. The molecule has 4 heterocycles. The van der Waals surface area contributed by atoms with E-state index in [0.29, 0.717) is 18.9 Å². The predicted molar refractivity (Wildman–Crippen MR) is 232 cm³/mol. The lowest BCUT2D eigenvalue weighted by atomic mass is 9.95. The number of hydrogen-bond acceptors (Lipinski definition) is 8. The Morgan fingerprint density at radius 1 is 0.738 bits per heavy atom. The molecule has 6 unspecified atom stereocenters. The first-order valence-corrected chi connectivity index (χ1v) is 21.5. The molecule has 6 atom stereocenters. The summed E-state index contributed by atoms with van der Waals surface area (Å²) in [7, 11) is 2.61. The summed E-state index contributed by atoms with van der Waals surface area (Å²) in [6, 6.07) is 19.6. The number of likely N-dealkylation sites (tertiary alicyclic amines) is 2. The highest BCUT2D eigenvalue weighted by atomic mass is 16.5. The van der Waals surface area contributed by atoms with E-state index in [2.05, 4.69) is 81.3 Å². The predicted octanol–water partition coefficient (Wildman–Crippen LogP) is 8.15. The normalized spacial score (nSPS) is 20.7. The number of nitrogens with one attached hydrogen (secondary N) is 4. The Kier molecular flexibility index (Phi) is 11.9. The monoisotopic (exact) mass is 828 g/mol. The SMILES string of the molecule is COC(=O)NC(CC(C)C)C(=O)N1CCCC1c1ncc(-c2ccc(-c3ccc4cc(-c5cnc(C6C7CCC(C7)N6C(=O)C(NC(=O)OC)C(C)C)[nH]5)ccc4c3)cc2)[nH]1. The molecular formula is C47H56N8O6. The number of fused-ring (bicyclic) bond motifs is 3. The highest BCUT2D eigenvalue weighted by Gasteiger charge is 2.51. The van der Waals surface area contributed by atoms with Gasteiger partial charge >= 0.3 is 12.2 Å². The Balaban J connectivity index is 0.951. The van der Waals surface area contributed by atoms with Crippen molar-refractivity contribution in [3.8, 4) is 33.6 Å². The number of imidazole rings is 2. The molecule has 3 fully saturated rings. The number of piperidine rings is 1. The fourth-order valence-corrected chi connectivity index (χ4v) is 9.65. The molecule has 0 radical (unpaired) electrons. The number of carbonyl (C=O) groups is 4. The zero-order valence-corrected chi connectivity index (χ0v) is 35.7. The third-order valence-corrected chi connectivity index (χ3v) is 12.7. The van der Waals surface area contributed by atoms with Gasteiger partial charge in [0, 0.05) is 18.2 Å². The number of nitrogens with zero attached hydrogens (tertiary/aromatic N) is 4. The number of hydrogen-bond donors (Lipinski definition) is 4. The van der Waals surface area contributed by atoms with E-state index in [4.69, 9.17) is 19.4 Å². The fourth-order valence-electron chi connectivity index (χ4n) is 9.65. The summed E-state index contributed by atoms with van der Waals surface area (Å²) >= 11 is 0. The highest BCUT2D eigenvalue weighted by Crippen LogP contribution is 2.50. The van der Waals surface area contributed by atoms with Crippen LogP contribution in [-0.4, -0.2) is 92.6 Å². The third kappa shape index (κ3) is 8.44. The van der Waals surface area contributed by atoms with Crippen LogP contribution in [0.4, 0.5) is 9.59 Å². The quantitative estimate of drug-likeness (QED) is 0.0975. The molecule has 14 heteroatoms. The smallest absolute Gasteiger partial charge is 0.407 e. The van der Waals surface area contributed by atoms with Gasteiger partial charge in [-0.15, -0.1) is 0 Å². The highest BCUT2D eigenvalue weighted by molar-refractivity contribution is 5.91. The van der Waals surface area contributed by atoms with Gasteiger partial charge in [0.05, 0.1) is 50.1 Å². The van der Waals surface area contributed by atoms with Crippen molar-refractivity contribution in [3.05, 3.63) is 84.7 Å². The molecule has 4 amide bonds. The summed E-state index contributed by atoms with van der Waals surface area (Å²) in [5.41, 5.74) is 5.94.